The molecular weight excluding hydrogens is 258 g/mol. The molecule has 0 spiro atoms. The molecule has 4 nitrogen and oxygen atoms in total. The molecule has 0 saturated heterocycles. The fourth-order valence-electron chi connectivity index (χ4n) is 1.94. The average molecular weight is 277 g/mol. The molecule has 0 radical (unpaired) electrons. The maximum atomic E-state index is 12.1. The van der Waals surface area contributed by atoms with Crippen molar-refractivity contribution in [2.45, 2.75) is 13.3 Å². The highest BCUT2D eigenvalue weighted by Crippen LogP contribution is 2.33. The summed E-state index contributed by atoms with van der Waals surface area (Å²) < 4.78 is 1.07. The van der Waals surface area contributed by atoms with Gasteiger partial charge in [-0.2, -0.15) is 0 Å². The van der Waals surface area contributed by atoms with Crippen molar-refractivity contribution in [2.75, 3.05) is 25.9 Å². The van der Waals surface area contributed by atoms with E-state index < -0.39 is 0 Å². The van der Waals surface area contributed by atoms with Crippen LogP contribution in [0.5, 0.6) is 0 Å². The van der Waals surface area contributed by atoms with Crippen molar-refractivity contribution >= 4 is 33.0 Å². The Morgan fingerprint density at radius 2 is 2.16 bits per heavy atom. The molecule has 1 aromatic carbocycles. The van der Waals surface area contributed by atoms with Gasteiger partial charge in [-0.15, -0.1) is 11.3 Å². The molecule has 2 aromatic rings. The zero-order valence-electron chi connectivity index (χ0n) is 11.2. The van der Waals surface area contributed by atoms with Gasteiger partial charge in [0.05, 0.1) is 5.69 Å². The fraction of sp³-hybridized carbons (Fsp3) is 0.357. The zero-order valence-corrected chi connectivity index (χ0v) is 12.1. The van der Waals surface area contributed by atoms with Gasteiger partial charge in [0.15, 0.2) is 0 Å². The van der Waals surface area contributed by atoms with Crippen LogP contribution in [-0.2, 0) is 0 Å². The molecule has 1 aromatic heterocycles. The van der Waals surface area contributed by atoms with Crippen molar-refractivity contribution in [3.05, 3.63) is 28.6 Å². The van der Waals surface area contributed by atoms with E-state index in [0.29, 0.717) is 17.1 Å². The molecule has 0 aliphatic carbocycles. The number of carbonyl (C=O) groups excluding carboxylic acids is 1. The third-order valence-corrected chi connectivity index (χ3v) is 4.15. The smallest absolute Gasteiger partial charge is 0.263 e. The van der Waals surface area contributed by atoms with E-state index in [1.54, 1.807) is 0 Å². The normalized spacial score (nSPS) is 10.8. The van der Waals surface area contributed by atoms with Gasteiger partial charge in [-0.3, -0.25) is 4.79 Å². The monoisotopic (exact) mass is 277 g/mol. The first kappa shape index (κ1) is 13.8. The predicted octanol–water partition coefficient (Wildman–Crippen LogP) is 2.13. The summed E-state index contributed by atoms with van der Waals surface area (Å²) in [6, 6.07) is 6.06. The Morgan fingerprint density at radius 1 is 1.37 bits per heavy atom. The average Bonchev–Trinajstić information content (AvgIpc) is 2.71. The molecule has 0 saturated carbocycles. The molecule has 4 N–H and O–H groups in total. The lowest BCUT2D eigenvalue weighted by molar-refractivity contribution is 0.0958. The maximum absolute atomic E-state index is 12.1. The number of nitrogens with one attached hydrogen (secondary N) is 2. The van der Waals surface area contributed by atoms with Gasteiger partial charge in [0, 0.05) is 16.6 Å². The second-order valence-electron chi connectivity index (χ2n) is 4.56. The molecule has 1 heterocycles. The first-order chi connectivity index (χ1) is 9.13. The lowest BCUT2D eigenvalue weighted by Gasteiger charge is -2.03. The number of hydrogen-bond donors (Lipinski definition) is 3. The molecule has 2 rings (SSSR count). The standard InChI is InChI=1S/C14H19N3OS/c1-9-4-5-10-11(8-9)19-13(12(10)15)14(18)17-7-3-6-16-2/h4-5,8,16H,3,6-7,15H2,1-2H3,(H,17,18). The second kappa shape index (κ2) is 6.04. The maximum Gasteiger partial charge on any atom is 0.263 e. The van der Waals surface area contributed by atoms with Crippen LogP contribution in [0.1, 0.15) is 21.7 Å². The largest absolute Gasteiger partial charge is 0.397 e. The van der Waals surface area contributed by atoms with Gasteiger partial charge in [-0.1, -0.05) is 12.1 Å². The van der Waals surface area contributed by atoms with Crippen LogP contribution in [0.25, 0.3) is 10.1 Å². The number of nitrogens with two attached hydrogens (primary N) is 1. The third kappa shape index (κ3) is 3.05. The number of rotatable bonds is 5. The van der Waals surface area contributed by atoms with Gasteiger partial charge in [0.25, 0.3) is 5.91 Å². The Kier molecular flexibility index (Phi) is 4.39. The summed E-state index contributed by atoms with van der Waals surface area (Å²) in [6.07, 6.45) is 0.909. The van der Waals surface area contributed by atoms with Gasteiger partial charge in [0.2, 0.25) is 0 Å². The number of fused-ring (bicyclic) bond motifs is 1. The number of benzene rings is 1. The minimum atomic E-state index is -0.0764. The van der Waals surface area contributed by atoms with Gasteiger partial charge in [-0.05, 0) is 38.6 Å². The van der Waals surface area contributed by atoms with Crippen LogP contribution in [0.2, 0.25) is 0 Å². The van der Waals surface area contributed by atoms with Crippen molar-refractivity contribution < 1.29 is 4.79 Å². The highest BCUT2D eigenvalue weighted by atomic mass is 32.1. The van der Waals surface area contributed by atoms with E-state index >= 15 is 0 Å². The number of thiophene rings is 1. The first-order valence-corrected chi connectivity index (χ1v) is 7.16. The van der Waals surface area contributed by atoms with Crippen molar-refractivity contribution in [1.82, 2.24) is 10.6 Å². The molecular formula is C14H19N3OS. The summed E-state index contributed by atoms with van der Waals surface area (Å²) in [4.78, 5) is 12.7. The molecule has 0 unspecified atom stereocenters. The number of hydrogen-bond acceptors (Lipinski definition) is 4. The van der Waals surface area contributed by atoms with Crippen LogP contribution in [0.4, 0.5) is 5.69 Å². The highest BCUT2D eigenvalue weighted by molar-refractivity contribution is 7.21. The first-order valence-electron chi connectivity index (χ1n) is 6.35. The number of anilines is 1. The molecule has 102 valence electrons. The fourth-order valence-corrected chi connectivity index (χ4v) is 3.08. The van der Waals surface area contributed by atoms with Gasteiger partial charge in [0.1, 0.15) is 4.88 Å². The number of amides is 1. The van der Waals surface area contributed by atoms with Gasteiger partial charge >= 0.3 is 0 Å². The number of aryl methyl sites for hydroxylation is 1. The van der Waals surface area contributed by atoms with Crippen LogP contribution in [0.15, 0.2) is 18.2 Å². The number of nitrogen functional groups attached to an aromatic ring is 1. The predicted molar refractivity (Wildman–Crippen MR) is 81.9 cm³/mol. The van der Waals surface area contributed by atoms with E-state index in [1.165, 1.54) is 16.9 Å². The van der Waals surface area contributed by atoms with Crippen molar-refractivity contribution in [3.63, 3.8) is 0 Å². The lowest BCUT2D eigenvalue weighted by atomic mass is 10.1. The molecule has 0 atom stereocenters. The summed E-state index contributed by atoms with van der Waals surface area (Å²) in [5.41, 5.74) is 7.82. The van der Waals surface area contributed by atoms with Crippen LogP contribution in [-0.4, -0.2) is 26.0 Å². The highest BCUT2D eigenvalue weighted by Gasteiger charge is 2.15. The Labute approximate surface area is 117 Å². The minimum absolute atomic E-state index is 0.0764. The summed E-state index contributed by atoms with van der Waals surface area (Å²) >= 11 is 1.46. The summed E-state index contributed by atoms with van der Waals surface area (Å²) in [5, 5.41) is 6.92. The number of carbonyl (C=O) groups is 1. The Morgan fingerprint density at radius 3 is 2.89 bits per heavy atom. The van der Waals surface area contributed by atoms with E-state index in [1.807, 2.05) is 26.1 Å². The molecule has 0 fully saturated rings. The molecule has 0 aliphatic rings. The SMILES string of the molecule is CNCCCNC(=O)c1sc2cc(C)ccc2c1N. The Balaban J connectivity index is 2.15. The quantitative estimate of drug-likeness (QED) is 0.733. The third-order valence-electron chi connectivity index (χ3n) is 2.98. The van der Waals surface area contributed by atoms with Crippen LogP contribution < -0.4 is 16.4 Å². The summed E-state index contributed by atoms with van der Waals surface area (Å²) in [7, 11) is 1.90. The van der Waals surface area contributed by atoms with Crippen LogP contribution in [0, 0.1) is 6.92 Å². The molecule has 5 heteroatoms. The van der Waals surface area contributed by atoms with E-state index in [0.717, 1.165) is 23.1 Å². The molecule has 0 aliphatic heterocycles. The second-order valence-corrected chi connectivity index (χ2v) is 5.61. The molecule has 0 bridgehead atoms. The van der Waals surface area contributed by atoms with E-state index in [4.69, 9.17) is 5.73 Å². The summed E-state index contributed by atoms with van der Waals surface area (Å²) in [6.45, 7) is 3.58. The lowest BCUT2D eigenvalue weighted by Crippen LogP contribution is -2.26. The topological polar surface area (TPSA) is 67.1 Å². The van der Waals surface area contributed by atoms with Crippen LogP contribution >= 0.6 is 11.3 Å². The van der Waals surface area contributed by atoms with E-state index in [-0.39, 0.29) is 5.91 Å². The molecule has 19 heavy (non-hydrogen) atoms. The Bertz CT molecular complexity index is 592. The van der Waals surface area contributed by atoms with E-state index in [2.05, 4.69) is 16.7 Å². The zero-order chi connectivity index (χ0) is 13.8. The molecule has 1 amide bonds. The minimum Gasteiger partial charge on any atom is -0.397 e. The van der Waals surface area contributed by atoms with Crippen molar-refractivity contribution in [1.29, 1.82) is 0 Å². The summed E-state index contributed by atoms with van der Waals surface area (Å²) in [5.74, 6) is -0.0764. The van der Waals surface area contributed by atoms with Gasteiger partial charge in [-0.25, -0.2) is 0 Å². The van der Waals surface area contributed by atoms with E-state index in [9.17, 15) is 4.79 Å². The van der Waals surface area contributed by atoms with Crippen molar-refractivity contribution in [2.24, 2.45) is 0 Å². The Hall–Kier alpha value is -1.59. The van der Waals surface area contributed by atoms with Crippen LogP contribution in [0.3, 0.4) is 0 Å². The van der Waals surface area contributed by atoms with Gasteiger partial charge < -0.3 is 16.4 Å². The van der Waals surface area contributed by atoms with Crippen molar-refractivity contribution in [3.8, 4) is 0 Å².